The lowest BCUT2D eigenvalue weighted by molar-refractivity contribution is -0.384. The third kappa shape index (κ3) is 5.26. The smallest absolute Gasteiger partial charge is 0.271 e. The summed E-state index contributed by atoms with van der Waals surface area (Å²) >= 11 is 6.07. The van der Waals surface area contributed by atoms with Crippen molar-refractivity contribution in [3.05, 3.63) is 51.5 Å². The number of ether oxygens (including phenoxy) is 2. The predicted molar refractivity (Wildman–Crippen MR) is 105 cm³/mol. The van der Waals surface area contributed by atoms with Gasteiger partial charge in [-0.15, -0.1) is 0 Å². The van der Waals surface area contributed by atoms with Gasteiger partial charge in [0, 0.05) is 12.1 Å². The maximum Gasteiger partial charge on any atom is 0.271 e. The molecule has 1 atom stereocenters. The molecule has 0 fully saturated rings. The summed E-state index contributed by atoms with van der Waals surface area (Å²) < 4.78 is 10.4. The molecule has 0 saturated carbocycles. The van der Waals surface area contributed by atoms with Crippen LogP contribution >= 0.6 is 11.6 Å². The van der Waals surface area contributed by atoms with Crippen molar-refractivity contribution in [2.75, 3.05) is 19.5 Å². The number of nitrogens with zero attached hydrogens (tertiary/aromatic N) is 3. The van der Waals surface area contributed by atoms with E-state index in [2.05, 4.69) is 15.5 Å². The van der Waals surface area contributed by atoms with Crippen molar-refractivity contribution in [2.24, 2.45) is 10.2 Å². The molecule has 0 aliphatic heterocycles. The number of non-ortho nitro benzene ring substituents is 1. The Bertz CT molecular complexity index is 979. The maximum absolute atomic E-state index is 12.7. The molecular formula is C18H17ClN4O6. The van der Waals surface area contributed by atoms with Crippen molar-refractivity contribution in [2.45, 2.75) is 13.0 Å². The number of methoxy groups -OCH3 is 2. The number of rotatable bonds is 8. The zero-order chi connectivity index (χ0) is 21.6. The van der Waals surface area contributed by atoms with Crippen molar-refractivity contribution in [3.8, 4) is 11.5 Å². The van der Waals surface area contributed by atoms with Gasteiger partial charge in [0.15, 0.2) is 11.5 Å². The van der Waals surface area contributed by atoms with E-state index in [1.165, 1.54) is 57.5 Å². The van der Waals surface area contributed by atoms with E-state index < -0.39 is 22.7 Å². The highest BCUT2D eigenvalue weighted by molar-refractivity contribution is 6.33. The quantitative estimate of drug-likeness (QED) is 0.297. The predicted octanol–water partition coefficient (Wildman–Crippen LogP) is 3.95. The van der Waals surface area contributed by atoms with E-state index in [1.807, 2.05) is 0 Å². The number of hydrogen-bond donors (Lipinski definition) is 1. The number of ketones is 1. The van der Waals surface area contributed by atoms with Gasteiger partial charge >= 0.3 is 0 Å². The Hall–Kier alpha value is -3.53. The van der Waals surface area contributed by atoms with Gasteiger partial charge in [0.05, 0.1) is 29.9 Å². The van der Waals surface area contributed by atoms with Crippen molar-refractivity contribution < 1.29 is 24.0 Å². The van der Waals surface area contributed by atoms with Crippen LogP contribution < -0.4 is 14.8 Å². The van der Waals surface area contributed by atoms with Gasteiger partial charge in [-0.2, -0.15) is 10.2 Å². The highest BCUT2D eigenvalue weighted by atomic mass is 35.5. The number of nitro benzene ring substituents is 1. The fourth-order valence-corrected chi connectivity index (χ4v) is 2.56. The lowest BCUT2D eigenvalue weighted by atomic mass is 10.2. The standard InChI is InChI=1S/C18H17ClN4O6/c1-10(24)15(22-21-11-5-4-6-12(9-11)23(26)27)18(25)20-16-14(28-2)8-7-13(19)17(16)29-3/h4-9,15H,1-3H3,(H,20,25). The Morgan fingerprint density at radius 2 is 1.93 bits per heavy atom. The molecule has 1 N–H and O–H groups in total. The molecule has 152 valence electrons. The van der Waals surface area contributed by atoms with Crippen molar-refractivity contribution in [1.29, 1.82) is 0 Å². The van der Waals surface area contributed by atoms with Gasteiger partial charge in [-0.25, -0.2) is 0 Å². The second kappa shape index (κ2) is 9.60. The van der Waals surface area contributed by atoms with E-state index in [9.17, 15) is 19.7 Å². The van der Waals surface area contributed by atoms with Gasteiger partial charge in [-0.05, 0) is 25.1 Å². The summed E-state index contributed by atoms with van der Waals surface area (Å²) in [6.07, 6.45) is 0. The molecule has 11 heteroatoms. The number of nitro groups is 1. The molecule has 10 nitrogen and oxygen atoms in total. The summed E-state index contributed by atoms with van der Waals surface area (Å²) in [6, 6.07) is 6.87. The number of hydrogen-bond acceptors (Lipinski definition) is 8. The van der Waals surface area contributed by atoms with Gasteiger partial charge in [0.1, 0.15) is 11.4 Å². The lowest BCUT2D eigenvalue weighted by Gasteiger charge is -2.16. The molecule has 0 bridgehead atoms. The second-order valence-electron chi connectivity index (χ2n) is 5.65. The summed E-state index contributed by atoms with van der Waals surface area (Å²) in [7, 11) is 2.75. The first-order chi connectivity index (χ1) is 13.8. The summed E-state index contributed by atoms with van der Waals surface area (Å²) in [5.74, 6) is -0.975. The molecule has 0 saturated heterocycles. The normalized spacial score (nSPS) is 11.7. The molecule has 2 aromatic carbocycles. The van der Waals surface area contributed by atoms with Crippen LogP contribution in [0.3, 0.4) is 0 Å². The summed E-state index contributed by atoms with van der Waals surface area (Å²) in [4.78, 5) is 34.8. The number of azo groups is 1. The molecule has 0 spiro atoms. The number of Topliss-reactive ketones (excluding diaryl/α,β-unsaturated/α-hetero) is 1. The molecule has 29 heavy (non-hydrogen) atoms. The fraction of sp³-hybridized carbons (Fsp3) is 0.222. The summed E-state index contributed by atoms with van der Waals surface area (Å²) in [5.41, 5.74) is 0.0548. The van der Waals surface area contributed by atoms with Crippen molar-refractivity contribution in [1.82, 2.24) is 0 Å². The SMILES string of the molecule is COc1ccc(Cl)c(OC)c1NC(=O)C(N=Nc1cccc([N+](=O)[O-])c1)C(C)=O. The van der Waals surface area contributed by atoms with Crippen LogP contribution in [0.4, 0.5) is 17.1 Å². The van der Waals surface area contributed by atoms with Crippen molar-refractivity contribution in [3.63, 3.8) is 0 Å². The monoisotopic (exact) mass is 420 g/mol. The number of carbonyl (C=O) groups excluding carboxylic acids is 2. The highest BCUT2D eigenvalue weighted by Gasteiger charge is 2.26. The molecular weight excluding hydrogens is 404 g/mol. The van der Waals surface area contributed by atoms with E-state index in [1.54, 1.807) is 0 Å². The maximum atomic E-state index is 12.7. The molecule has 0 heterocycles. The van der Waals surface area contributed by atoms with Gasteiger partial charge in [0.2, 0.25) is 6.04 Å². The van der Waals surface area contributed by atoms with Crippen LogP contribution in [0.1, 0.15) is 6.92 Å². The first kappa shape index (κ1) is 21.8. The topological polar surface area (TPSA) is 132 Å². The van der Waals surface area contributed by atoms with Crippen LogP contribution in [0.25, 0.3) is 0 Å². The van der Waals surface area contributed by atoms with Crippen LogP contribution in [0.15, 0.2) is 46.6 Å². The molecule has 0 aliphatic rings. The van der Waals surface area contributed by atoms with E-state index >= 15 is 0 Å². The van der Waals surface area contributed by atoms with E-state index in [4.69, 9.17) is 21.1 Å². The molecule has 2 aromatic rings. The number of halogens is 1. The Labute approximate surface area is 170 Å². The molecule has 2 rings (SSSR count). The largest absolute Gasteiger partial charge is 0.494 e. The van der Waals surface area contributed by atoms with Crippen LogP contribution in [0.2, 0.25) is 5.02 Å². The van der Waals surface area contributed by atoms with Crippen LogP contribution in [0.5, 0.6) is 11.5 Å². The highest BCUT2D eigenvalue weighted by Crippen LogP contribution is 2.40. The van der Waals surface area contributed by atoms with E-state index in [0.717, 1.165) is 0 Å². The van der Waals surface area contributed by atoms with E-state index in [-0.39, 0.29) is 33.6 Å². The Kier molecular flexibility index (Phi) is 7.21. The minimum atomic E-state index is -1.50. The Morgan fingerprint density at radius 1 is 1.21 bits per heavy atom. The zero-order valence-electron chi connectivity index (χ0n) is 15.7. The van der Waals surface area contributed by atoms with Gasteiger partial charge in [0.25, 0.3) is 11.6 Å². The van der Waals surface area contributed by atoms with E-state index in [0.29, 0.717) is 0 Å². The van der Waals surface area contributed by atoms with Crippen LogP contribution in [0, 0.1) is 10.1 Å². The molecule has 0 radical (unpaired) electrons. The number of benzene rings is 2. The second-order valence-corrected chi connectivity index (χ2v) is 6.06. The minimum absolute atomic E-state index is 0.121. The molecule has 0 aliphatic carbocycles. The average Bonchev–Trinajstić information content (AvgIpc) is 2.68. The number of amides is 1. The summed E-state index contributed by atoms with van der Waals surface area (Å²) in [5, 5.41) is 21.1. The number of nitrogens with one attached hydrogen (secondary N) is 1. The Balaban J connectivity index is 2.32. The fourth-order valence-electron chi connectivity index (χ4n) is 2.33. The minimum Gasteiger partial charge on any atom is -0.494 e. The van der Waals surface area contributed by atoms with Gasteiger partial charge in [-0.3, -0.25) is 19.7 Å². The first-order valence-electron chi connectivity index (χ1n) is 8.15. The van der Waals surface area contributed by atoms with Crippen LogP contribution in [-0.4, -0.2) is 36.9 Å². The van der Waals surface area contributed by atoms with Gasteiger partial charge < -0.3 is 14.8 Å². The molecule has 1 unspecified atom stereocenters. The van der Waals surface area contributed by atoms with Gasteiger partial charge in [-0.1, -0.05) is 17.7 Å². The average molecular weight is 421 g/mol. The zero-order valence-corrected chi connectivity index (χ0v) is 16.5. The molecule has 1 amide bonds. The number of anilines is 1. The van der Waals surface area contributed by atoms with Crippen molar-refractivity contribution >= 4 is 40.4 Å². The number of carbonyl (C=O) groups is 2. The third-order valence-corrected chi connectivity index (χ3v) is 4.00. The van der Waals surface area contributed by atoms with Crippen LogP contribution in [-0.2, 0) is 9.59 Å². The Morgan fingerprint density at radius 3 is 2.52 bits per heavy atom. The lowest BCUT2D eigenvalue weighted by Crippen LogP contribution is -2.32. The third-order valence-electron chi connectivity index (χ3n) is 3.71. The first-order valence-corrected chi connectivity index (χ1v) is 8.53. The molecule has 0 aromatic heterocycles. The summed E-state index contributed by atoms with van der Waals surface area (Å²) in [6.45, 7) is 1.17.